The van der Waals surface area contributed by atoms with E-state index in [9.17, 15) is 19.3 Å². The van der Waals surface area contributed by atoms with E-state index in [1.807, 2.05) is 0 Å². The van der Waals surface area contributed by atoms with Crippen molar-refractivity contribution in [1.29, 1.82) is 0 Å². The average Bonchev–Trinajstić information content (AvgIpc) is 2.48. The highest BCUT2D eigenvalue weighted by atomic mass is 79.9. The summed E-state index contributed by atoms with van der Waals surface area (Å²) in [4.78, 5) is 21.8. The minimum atomic E-state index is -0.546. The molecule has 0 radical (unpaired) electrons. The summed E-state index contributed by atoms with van der Waals surface area (Å²) < 4.78 is 18.8. The highest BCUT2D eigenvalue weighted by Gasteiger charge is 2.10. The van der Waals surface area contributed by atoms with E-state index in [2.05, 4.69) is 15.9 Å². The van der Waals surface area contributed by atoms with Gasteiger partial charge in [-0.25, -0.2) is 4.39 Å². The molecule has 0 aliphatic rings. The predicted molar refractivity (Wildman–Crippen MR) is 77.0 cm³/mol. The predicted octanol–water partition coefficient (Wildman–Crippen LogP) is 3.76. The van der Waals surface area contributed by atoms with Crippen LogP contribution in [0, 0.1) is 15.9 Å². The Morgan fingerprint density at radius 2 is 1.90 bits per heavy atom. The van der Waals surface area contributed by atoms with Gasteiger partial charge >= 0.3 is 0 Å². The summed E-state index contributed by atoms with van der Waals surface area (Å²) in [5.74, 6) is -0.616. The van der Waals surface area contributed by atoms with Gasteiger partial charge in [0.05, 0.1) is 9.40 Å². The van der Waals surface area contributed by atoms with Gasteiger partial charge in [-0.15, -0.1) is 0 Å². The fourth-order valence-electron chi connectivity index (χ4n) is 1.57. The zero-order valence-electron chi connectivity index (χ0n) is 10.6. The lowest BCUT2D eigenvalue weighted by atomic mass is 10.1. The number of non-ortho nitro benzene ring substituents is 1. The van der Waals surface area contributed by atoms with Gasteiger partial charge in [0.25, 0.3) is 5.69 Å². The molecular formula is C14H9BrFNO4. The summed E-state index contributed by atoms with van der Waals surface area (Å²) in [7, 11) is 0. The lowest BCUT2D eigenvalue weighted by Gasteiger charge is -2.06. The molecule has 0 spiro atoms. The number of rotatable bonds is 5. The summed E-state index contributed by atoms with van der Waals surface area (Å²) in [6, 6.07) is 9.35. The van der Waals surface area contributed by atoms with Crippen LogP contribution in [-0.2, 0) is 0 Å². The van der Waals surface area contributed by atoms with Gasteiger partial charge in [0.1, 0.15) is 11.6 Å². The van der Waals surface area contributed by atoms with E-state index in [1.54, 1.807) is 0 Å². The second kappa shape index (κ2) is 6.45. The molecule has 21 heavy (non-hydrogen) atoms. The van der Waals surface area contributed by atoms with Crippen LogP contribution in [0.25, 0.3) is 0 Å². The number of hydrogen-bond acceptors (Lipinski definition) is 4. The Balaban J connectivity index is 2.01. The van der Waals surface area contributed by atoms with Crippen LogP contribution in [0.2, 0.25) is 0 Å². The number of nitrogens with zero attached hydrogens (tertiary/aromatic N) is 1. The summed E-state index contributed by atoms with van der Waals surface area (Å²) >= 11 is 3.01. The van der Waals surface area contributed by atoms with E-state index in [1.165, 1.54) is 36.4 Å². The highest BCUT2D eigenvalue weighted by molar-refractivity contribution is 9.10. The Morgan fingerprint density at radius 3 is 2.48 bits per heavy atom. The van der Waals surface area contributed by atoms with Crippen molar-refractivity contribution in [1.82, 2.24) is 0 Å². The number of Topliss-reactive ketones (excluding diaryl/α,β-unsaturated/α-hetero) is 1. The maximum Gasteiger partial charge on any atom is 0.269 e. The van der Waals surface area contributed by atoms with Gasteiger partial charge in [-0.2, -0.15) is 0 Å². The van der Waals surface area contributed by atoms with Crippen molar-refractivity contribution < 1.29 is 18.8 Å². The maximum absolute atomic E-state index is 13.3. The summed E-state index contributed by atoms with van der Waals surface area (Å²) in [5, 5.41) is 10.5. The molecule has 0 unspecified atom stereocenters. The van der Waals surface area contributed by atoms with Gasteiger partial charge in [-0.05, 0) is 40.2 Å². The van der Waals surface area contributed by atoms with Crippen molar-refractivity contribution in [2.75, 3.05) is 6.61 Å². The second-order valence-corrected chi connectivity index (χ2v) is 4.95. The van der Waals surface area contributed by atoms with Crippen LogP contribution in [0.4, 0.5) is 10.1 Å². The number of nitro benzene ring substituents is 1. The number of halogens is 2. The van der Waals surface area contributed by atoms with Crippen molar-refractivity contribution in [3.8, 4) is 5.75 Å². The number of hydrogen-bond donors (Lipinski definition) is 0. The van der Waals surface area contributed by atoms with Crippen molar-refractivity contribution in [2.24, 2.45) is 0 Å². The van der Waals surface area contributed by atoms with Crippen LogP contribution in [0.5, 0.6) is 5.75 Å². The molecule has 2 aromatic carbocycles. The molecule has 0 amide bonds. The van der Waals surface area contributed by atoms with Crippen LogP contribution >= 0.6 is 15.9 Å². The molecule has 7 heteroatoms. The van der Waals surface area contributed by atoms with E-state index < -0.39 is 10.7 Å². The molecule has 5 nitrogen and oxygen atoms in total. The second-order valence-electron chi connectivity index (χ2n) is 4.09. The number of benzene rings is 2. The standard InChI is InChI=1S/C14H9BrFNO4/c15-12-6-5-11(7-13(12)16)21-8-14(18)9-1-3-10(4-2-9)17(19)20/h1-7H,8H2. The molecule has 0 aliphatic carbocycles. The summed E-state index contributed by atoms with van der Waals surface area (Å²) in [6.45, 7) is -0.279. The molecule has 0 aromatic heterocycles. The minimum absolute atomic E-state index is 0.0950. The van der Waals surface area contributed by atoms with Gasteiger partial charge in [-0.1, -0.05) is 0 Å². The molecule has 0 atom stereocenters. The van der Waals surface area contributed by atoms with E-state index in [-0.39, 0.29) is 29.4 Å². The molecule has 0 bridgehead atoms. The van der Waals surface area contributed by atoms with Crippen LogP contribution in [0.3, 0.4) is 0 Å². The van der Waals surface area contributed by atoms with E-state index in [4.69, 9.17) is 4.74 Å². The van der Waals surface area contributed by atoms with Crippen LogP contribution in [0.1, 0.15) is 10.4 Å². The summed E-state index contributed by atoms with van der Waals surface area (Å²) in [5.41, 5.74) is 0.195. The molecular weight excluding hydrogens is 345 g/mol. The minimum Gasteiger partial charge on any atom is -0.485 e. The molecule has 0 saturated heterocycles. The Hall–Kier alpha value is -2.28. The van der Waals surface area contributed by atoms with E-state index >= 15 is 0 Å². The number of carbonyl (C=O) groups excluding carboxylic acids is 1. The summed E-state index contributed by atoms with van der Waals surface area (Å²) in [6.07, 6.45) is 0. The lowest BCUT2D eigenvalue weighted by Crippen LogP contribution is -2.11. The fraction of sp³-hybridized carbons (Fsp3) is 0.0714. The SMILES string of the molecule is O=C(COc1ccc(Br)c(F)c1)c1ccc([N+](=O)[O-])cc1. The quantitative estimate of drug-likeness (QED) is 0.466. The maximum atomic E-state index is 13.3. The molecule has 2 aromatic rings. The molecule has 0 N–H and O–H groups in total. The van der Waals surface area contributed by atoms with Gasteiger partial charge in [0.2, 0.25) is 0 Å². The zero-order valence-corrected chi connectivity index (χ0v) is 12.2. The molecule has 0 aliphatic heterocycles. The van der Waals surface area contributed by atoms with Crippen molar-refractivity contribution in [2.45, 2.75) is 0 Å². The normalized spacial score (nSPS) is 10.2. The van der Waals surface area contributed by atoms with Crippen molar-refractivity contribution >= 4 is 27.4 Å². The zero-order chi connectivity index (χ0) is 15.4. The first-order valence-electron chi connectivity index (χ1n) is 5.83. The molecule has 0 saturated carbocycles. The Bertz CT molecular complexity index is 688. The first-order chi connectivity index (χ1) is 9.97. The number of ketones is 1. The van der Waals surface area contributed by atoms with Crippen LogP contribution in [0.15, 0.2) is 46.9 Å². The van der Waals surface area contributed by atoms with E-state index in [0.29, 0.717) is 4.47 Å². The third-order valence-electron chi connectivity index (χ3n) is 2.66. The largest absolute Gasteiger partial charge is 0.485 e. The molecule has 0 heterocycles. The fourth-order valence-corrected chi connectivity index (χ4v) is 1.81. The van der Waals surface area contributed by atoms with E-state index in [0.717, 1.165) is 6.07 Å². The number of nitro groups is 1. The first kappa shape index (κ1) is 15.1. The lowest BCUT2D eigenvalue weighted by molar-refractivity contribution is -0.384. The monoisotopic (exact) mass is 353 g/mol. The average molecular weight is 354 g/mol. The van der Waals surface area contributed by atoms with Crippen LogP contribution in [-0.4, -0.2) is 17.3 Å². The molecule has 108 valence electrons. The Morgan fingerprint density at radius 1 is 1.24 bits per heavy atom. The molecule has 0 fully saturated rings. The topological polar surface area (TPSA) is 69.4 Å². The highest BCUT2D eigenvalue weighted by Crippen LogP contribution is 2.21. The van der Waals surface area contributed by atoms with Crippen molar-refractivity contribution in [3.05, 3.63) is 68.4 Å². The third-order valence-corrected chi connectivity index (χ3v) is 3.30. The first-order valence-corrected chi connectivity index (χ1v) is 6.62. The van der Waals surface area contributed by atoms with Gasteiger partial charge in [0, 0.05) is 23.8 Å². The van der Waals surface area contributed by atoms with Gasteiger partial charge < -0.3 is 4.74 Å². The Labute approximate surface area is 127 Å². The van der Waals surface area contributed by atoms with Crippen molar-refractivity contribution in [3.63, 3.8) is 0 Å². The molecule has 2 rings (SSSR count). The number of carbonyl (C=O) groups is 1. The van der Waals surface area contributed by atoms with Crippen LogP contribution < -0.4 is 4.74 Å². The third kappa shape index (κ3) is 3.85. The Kier molecular flexibility index (Phi) is 4.64. The van der Waals surface area contributed by atoms with Gasteiger partial charge in [-0.3, -0.25) is 14.9 Å². The smallest absolute Gasteiger partial charge is 0.269 e. The number of ether oxygens (including phenoxy) is 1. The van der Waals surface area contributed by atoms with Gasteiger partial charge in [0.15, 0.2) is 12.4 Å².